The highest BCUT2D eigenvalue weighted by atomic mass is 16.5. The normalized spacial score (nSPS) is 11.4. The van der Waals surface area contributed by atoms with E-state index in [0.29, 0.717) is 13.2 Å². The van der Waals surface area contributed by atoms with Gasteiger partial charge in [-0.15, -0.1) is 0 Å². The zero-order valence-corrected chi connectivity index (χ0v) is 11.3. The summed E-state index contributed by atoms with van der Waals surface area (Å²) < 4.78 is 5.44. The van der Waals surface area contributed by atoms with Gasteiger partial charge in [0, 0.05) is 26.2 Å². The summed E-state index contributed by atoms with van der Waals surface area (Å²) >= 11 is 0. The second-order valence-corrected chi connectivity index (χ2v) is 4.44. The van der Waals surface area contributed by atoms with Gasteiger partial charge < -0.3 is 14.7 Å². The molecule has 0 fully saturated rings. The number of rotatable bonds is 11. The van der Waals surface area contributed by atoms with Gasteiger partial charge in [0.1, 0.15) is 0 Å². The maximum absolute atomic E-state index is 10.7. The molecule has 0 aliphatic heterocycles. The first-order valence-electron chi connectivity index (χ1n) is 6.23. The smallest absolute Gasteiger partial charge is 0.317 e. The van der Waals surface area contributed by atoms with Crippen LogP contribution in [0, 0.1) is 0 Å². The summed E-state index contributed by atoms with van der Waals surface area (Å²) in [6, 6.07) is 0. The van der Waals surface area contributed by atoms with Crippen LogP contribution in [0.2, 0.25) is 0 Å². The molecule has 5 nitrogen and oxygen atoms in total. The number of carbonyl (C=O) groups is 1. The van der Waals surface area contributed by atoms with E-state index in [2.05, 4.69) is 6.92 Å². The molecule has 0 saturated carbocycles. The Labute approximate surface area is 104 Å². The topological polar surface area (TPSA) is 53.0 Å². The highest BCUT2D eigenvalue weighted by molar-refractivity contribution is 5.69. The molecule has 5 heteroatoms. The third kappa shape index (κ3) is 11.6. The fourth-order valence-electron chi connectivity index (χ4n) is 1.34. The summed E-state index contributed by atoms with van der Waals surface area (Å²) in [7, 11) is 3.97. The largest absolute Gasteiger partial charge is 0.480 e. The fraction of sp³-hybridized carbons (Fsp3) is 0.917. The van der Waals surface area contributed by atoms with Gasteiger partial charge >= 0.3 is 5.97 Å². The number of unbranched alkanes of at least 4 members (excludes halogenated alkanes) is 1. The molecular weight excluding hydrogens is 220 g/mol. The molecule has 0 aromatic carbocycles. The molecule has 0 amide bonds. The Bertz CT molecular complexity index is 198. The first-order valence-corrected chi connectivity index (χ1v) is 6.23. The monoisotopic (exact) mass is 246 g/mol. The van der Waals surface area contributed by atoms with Crippen LogP contribution < -0.4 is 0 Å². The second kappa shape index (κ2) is 10.5. The number of ether oxygens (including phenoxy) is 1. The van der Waals surface area contributed by atoms with E-state index >= 15 is 0 Å². The van der Waals surface area contributed by atoms with Crippen LogP contribution in [0.5, 0.6) is 0 Å². The van der Waals surface area contributed by atoms with Gasteiger partial charge in [0.05, 0.1) is 13.2 Å². The Morgan fingerprint density at radius 2 is 1.88 bits per heavy atom. The summed E-state index contributed by atoms with van der Waals surface area (Å²) in [4.78, 5) is 14.7. The van der Waals surface area contributed by atoms with E-state index < -0.39 is 5.97 Å². The van der Waals surface area contributed by atoms with E-state index in [1.54, 1.807) is 0 Å². The lowest BCUT2D eigenvalue weighted by molar-refractivity contribution is -0.138. The summed E-state index contributed by atoms with van der Waals surface area (Å²) in [6.07, 6.45) is 2.19. The Morgan fingerprint density at radius 1 is 1.18 bits per heavy atom. The van der Waals surface area contributed by atoms with Crippen molar-refractivity contribution in [1.29, 1.82) is 0 Å². The van der Waals surface area contributed by atoms with Crippen molar-refractivity contribution in [3.8, 4) is 0 Å². The van der Waals surface area contributed by atoms with Gasteiger partial charge in [0.2, 0.25) is 0 Å². The van der Waals surface area contributed by atoms with Crippen LogP contribution in [-0.2, 0) is 9.53 Å². The van der Waals surface area contributed by atoms with E-state index in [0.717, 1.165) is 32.5 Å². The van der Waals surface area contributed by atoms with Gasteiger partial charge in [0.15, 0.2) is 0 Å². The quantitative estimate of drug-likeness (QED) is 0.545. The number of carboxylic acid groups (broad SMARTS) is 1. The highest BCUT2D eigenvalue weighted by Gasteiger charge is 2.09. The van der Waals surface area contributed by atoms with Gasteiger partial charge in [0.25, 0.3) is 0 Å². The number of carboxylic acids is 1. The predicted molar refractivity (Wildman–Crippen MR) is 68.4 cm³/mol. The Hall–Kier alpha value is -0.650. The standard InChI is InChI=1S/C12H26N2O3/c1-4-5-9-17-10-8-14(11-12(15)16)7-6-13(2)3/h4-11H2,1-3H3,(H,15,16). The molecule has 0 bridgehead atoms. The highest BCUT2D eigenvalue weighted by Crippen LogP contribution is 1.92. The molecule has 0 aromatic heterocycles. The predicted octanol–water partition coefficient (Wildman–Crippen LogP) is 0.751. The third-order valence-electron chi connectivity index (χ3n) is 2.42. The van der Waals surface area contributed by atoms with Gasteiger partial charge in [-0.2, -0.15) is 0 Å². The first-order chi connectivity index (χ1) is 8.06. The molecular formula is C12H26N2O3. The number of nitrogens with zero attached hydrogens (tertiary/aromatic N) is 2. The van der Waals surface area contributed by atoms with Crippen molar-refractivity contribution in [3.63, 3.8) is 0 Å². The minimum absolute atomic E-state index is 0.0883. The Balaban J connectivity index is 3.72. The average molecular weight is 246 g/mol. The molecule has 0 saturated heterocycles. The van der Waals surface area contributed by atoms with E-state index in [-0.39, 0.29) is 6.54 Å². The molecule has 17 heavy (non-hydrogen) atoms. The molecule has 1 N–H and O–H groups in total. The number of hydrogen-bond acceptors (Lipinski definition) is 4. The molecule has 0 aliphatic carbocycles. The van der Waals surface area contributed by atoms with Crippen LogP contribution in [0.25, 0.3) is 0 Å². The molecule has 0 radical (unpaired) electrons. The van der Waals surface area contributed by atoms with Crippen molar-refractivity contribution in [2.45, 2.75) is 19.8 Å². The summed E-state index contributed by atoms with van der Waals surface area (Å²) in [6.45, 7) is 5.90. The van der Waals surface area contributed by atoms with Crippen molar-refractivity contribution in [2.24, 2.45) is 0 Å². The van der Waals surface area contributed by atoms with E-state index in [1.807, 2.05) is 23.9 Å². The minimum Gasteiger partial charge on any atom is -0.480 e. The Morgan fingerprint density at radius 3 is 2.41 bits per heavy atom. The second-order valence-electron chi connectivity index (χ2n) is 4.44. The molecule has 102 valence electrons. The summed E-state index contributed by atoms with van der Waals surface area (Å²) in [5.74, 6) is -0.780. The summed E-state index contributed by atoms with van der Waals surface area (Å²) in [5, 5.41) is 8.79. The minimum atomic E-state index is -0.780. The van der Waals surface area contributed by atoms with Crippen molar-refractivity contribution in [2.75, 3.05) is 53.5 Å². The lowest BCUT2D eigenvalue weighted by Gasteiger charge is -2.22. The van der Waals surface area contributed by atoms with Crippen molar-refractivity contribution >= 4 is 5.97 Å². The molecule has 0 rings (SSSR count). The number of hydrogen-bond donors (Lipinski definition) is 1. The first kappa shape index (κ1) is 16.4. The Kier molecular flexibility index (Phi) is 10.1. The zero-order valence-electron chi connectivity index (χ0n) is 11.3. The van der Waals surface area contributed by atoms with Gasteiger partial charge in [-0.25, -0.2) is 0 Å². The van der Waals surface area contributed by atoms with Crippen LogP contribution >= 0.6 is 0 Å². The van der Waals surface area contributed by atoms with Crippen molar-refractivity contribution < 1.29 is 14.6 Å². The zero-order chi connectivity index (χ0) is 13.1. The van der Waals surface area contributed by atoms with Gasteiger partial charge in [-0.05, 0) is 20.5 Å². The van der Waals surface area contributed by atoms with Crippen LogP contribution in [0.15, 0.2) is 0 Å². The molecule has 0 aliphatic rings. The fourth-order valence-corrected chi connectivity index (χ4v) is 1.34. The van der Waals surface area contributed by atoms with Crippen LogP contribution in [0.3, 0.4) is 0 Å². The molecule has 0 heterocycles. The number of likely N-dealkylation sites (N-methyl/N-ethyl adjacent to an activating group) is 1. The maximum Gasteiger partial charge on any atom is 0.317 e. The SMILES string of the molecule is CCCCOCCN(CCN(C)C)CC(=O)O. The summed E-state index contributed by atoms with van der Waals surface area (Å²) in [5.41, 5.74) is 0. The van der Waals surface area contributed by atoms with Crippen molar-refractivity contribution in [1.82, 2.24) is 9.80 Å². The van der Waals surface area contributed by atoms with Crippen molar-refractivity contribution in [3.05, 3.63) is 0 Å². The third-order valence-corrected chi connectivity index (χ3v) is 2.42. The van der Waals surface area contributed by atoms with Gasteiger partial charge in [-0.3, -0.25) is 9.69 Å². The number of aliphatic carboxylic acids is 1. The van der Waals surface area contributed by atoms with Crippen LogP contribution in [-0.4, -0.2) is 74.4 Å². The van der Waals surface area contributed by atoms with Crippen LogP contribution in [0.4, 0.5) is 0 Å². The molecule has 0 atom stereocenters. The van der Waals surface area contributed by atoms with E-state index in [9.17, 15) is 4.79 Å². The lowest BCUT2D eigenvalue weighted by atomic mass is 10.4. The molecule has 0 aromatic rings. The van der Waals surface area contributed by atoms with E-state index in [4.69, 9.17) is 9.84 Å². The average Bonchev–Trinajstić information content (AvgIpc) is 2.24. The van der Waals surface area contributed by atoms with Gasteiger partial charge in [-0.1, -0.05) is 13.3 Å². The molecule has 0 spiro atoms. The lowest BCUT2D eigenvalue weighted by Crippen LogP contribution is -2.37. The van der Waals surface area contributed by atoms with Crippen LogP contribution in [0.1, 0.15) is 19.8 Å². The maximum atomic E-state index is 10.7. The van der Waals surface area contributed by atoms with E-state index in [1.165, 1.54) is 0 Å². The molecule has 0 unspecified atom stereocenters.